The van der Waals surface area contributed by atoms with Crippen LogP contribution >= 0.6 is 15.6 Å². The summed E-state index contributed by atoms with van der Waals surface area (Å²) in [5.41, 5.74) is 7.09. The Kier molecular flexibility index (Phi) is 14.7. The molecule has 4 rings (SSSR count). The first-order chi connectivity index (χ1) is 17.0. The van der Waals surface area contributed by atoms with E-state index < -0.39 is 46.7 Å². The molecule has 1 aromatic carbocycles. The standard InChI is InChI=1S/C18H22N6O10P2.3Na/c1-20-11-5-3-2-4-10(11)18(25)33-12-6-14(24-9-23-15-16(19)21-8-22-17(15)24)32-13(12)7-31-36(29,30)34-35(26,27)28;;;/h2-5,8-9,12-14,20H,6-7H2,1H3,(H,29,30)(H2,19,21,22)(H2,26,27,28);;;/q;3*+1/p-3/t12-,13+,14+;;;/m0.../s1. The zero-order chi connectivity index (χ0) is 26.1. The van der Waals surface area contributed by atoms with Crippen molar-refractivity contribution in [2.45, 2.75) is 24.9 Å². The Balaban J connectivity index is 0.00000253. The van der Waals surface area contributed by atoms with Crippen molar-refractivity contribution in [3.63, 3.8) is 0 Å². The molecule has 1 fully saturated rings. The van der Waals surface area contributed by atoms with Crippen molar-refractivity contribution in [2.24, 2.45) is 0 Å². The monoisotopic (exact) mass is 610 g/mol. The molecule has 0 bridgehead atoms. The molecule has 2 aromatic heterocycles. The average Bonchev–Trinajstić information content (AvgIpc) is 3.41. The molecule has 21 heteroatoms. The first kappa shape index (κ1) is 37.1. The fourth-order valence-electron chi connectivity index (χ4n) is 3.62. The van der Waals surface area contributed by atoms with Crippen LogP contribution in [-0.2, 0) is 27.4 Å². The molecule has 39 heavy (non-hydrogen) atoms. The number of benzene rings is 1. The van der Waals surface area contributed by atoms with E-state index in [0.29, 0.717) is 11.3 Å². The maximum absolute atomic E-state index is 12.9. The SMILES string of the molecule is CNc1ccccc1C(=O)O[C@H]1C[C@H](n2cnc3c(N)ncnc32)O[C@@H]1COP(=O)([O-])OP(=O)([O-])[O-].[Na+].[Na+].[Na+]. The molecule has 0 radical (unpaired) electrons. The number of carbonyl (C=O) groups is 1. The van der Waals surface area contributed by atoms with Gasteiger partial charge in [-0.25, -0.2) is 19.7 Å². The third kappa shape index (κ3) is 9.53. The topological polar surface area (TPSA) is 239 Å². The van der Waals surface area contributed by atoms with Crippen molar-refractivity contribution in [1.29, 1.82) is 0 Å². The van der Waals surface area contributed by atoms with Gasteiger partial charge in [-0.05, 0) is 12.1 Å². The minimum Gasteiger partial charge on any atom is -0.790 e. The third-order valence-corrected chi connectivity index (χ3v) is 7.21. The Hall–Kier alpha value is 0.0600. The predicted octanol–water partition coefficient (Wildman–Crippen LogP) is -9.69. The van der Waals surface area contributed by atoms with E-state index in [2.05, 4.69) is 29.1 Å². The van der Waals surface area contributed by atoms with Crippen molar-refractivity contribution in [2.75, 3.05) is 24.7 Å². The van der Waals surface area contributed by atoms with Gasteiger partial charge < -0.3 is 44.3 Å². The van der Waals surface area contributed by atoms with Crippen molar-refractivity contribution in [3.8, 4) is 0 Å². The van der Waals surface area contributed by atoms with Crippen molar-refractivity contribution in [3.05, 3.63) is 42.5 Å². The molecule has 1 saturated heterocycles. The fourth-order valence-corrected chi connectivity index (χ4v) is 5.11. The van der Waals surface area contributed by atoms with Crippen molar-refractivity contribution >= 4 is 44.3 Å². The fraction of sp³-hybridized carbons (Fsp3) is 0.333. The molecule has 0 spiro atoms. The number of phosphoric ester groups is 1. The number of nitrogens with two attached hydrogens (primary N) is 1. The van der Waals surface area contributed by atoms with Gasteiger partial charge in [0.1, 0.15) is 30.3 Å². The van der Waals surface area contributed by atoms with Crippen molar-refractivity contribution in [1.82, 2.24) is 19.5 Å². The van der Waals surface area contributed by atoms with E-state index in [1.165, 1.54) is 23.3 Å². The first-order valence-electron chi connectivity index (χ1n) is 10.2. The Morgan fingerprint density at radius 3 is 2.54 bits per heavy atom. The Labute approximate surface area is 288 Å². The number of ether oxygens (including phenoxy) is 2. The Morgan fingerprint density at radius 2 is 1.87 bits per heavy atom. The van der Waals surface area contributed by atoms with Gasteiger partial charge in [0.05, 0.1) is 26.3 Å². The minimum absolute atomic E-state index is 0. The number of fused-ring (bicyclic) bond motifs is 1. The van der Waals surface area contributed by atoms with Crippen LogP contribution in [0.4, 0.5) is 11.5 Å². The molecular formula is C18H19N6Na3O10P2. The quantitative estimate of drug-likeness (QED) is 0.130. The summed E-state index contributed by atoms with van der Waals surface area (Å²) >= 11 is 0. The molecular weight excluding hydrogens is 591 g/mol. The summed E-state index contributed by atoms with van der Waals surface area (Å²) in [6, 6.07) is 6.52. The second-order valence-electron chi connectivity index (χ2n) is 7.46. The van der Waals surface area contributed by atoms with E-state index in [-0.39, 0.29) is 112 Å². The van der Waals surface area contributed by atoms with Gasteiger partial charge in [0, 0.05) is 19.2 Å². The summed E-state index contributed by atoms with van der Waals surface area (Å²) in [6.45, 7) is -0.827. The Bertz CT molecular complexity index is 1380. The molecule has 1 aliphatic heterocycles. The van der Waals surface area contributed by atoms with E-state index >= 15 is 0 Å². The first-order valence-corrected chi connectivity index (χ1v) is 13.1. The van der Waals surface area contributed by atoms with E-state index in [0.717, 1.165) is 0 Å². The van der Waals surface area contributed by atoms with Crippen LogP contribution in [0.3, 0.4) is 0 Å². The largest absolute Gasteiger partial charge is 1.00 e. The molecule has 1 aliphatic rings. The predicted molar refractivity (Wildman–Crippen MR) is 116 cm³/mol. The molecule has 1 unspecified atom stereocenters. The minimum atomic E-state index is -5.89. The average molecular weight is 610 g/mol. The van der Waals surface area contributed by atoms with Crippen LogP contribution in [-0.4, -0.2) is 51.4 Å². The van der Waals surface area contributed by atoms with E-state index in [9.17, 15) is 28.6 Å². The van der Waals surface area contributed by atoms with Gasteiger partial charge in [-0.2, -0.15) is 0 Å². The van der Waals surface area contributed by atoms with Gasteiger partial charge >= 0.3 is 94.6 Å². The number of hydrogen-bond acceptors (Lipinski definition) is 15. The maximum atomic E-state index is 12.9. The number of rotatable bonds is 9. The molecule has 0 saturated carbocycles. The van der Waals surface area contributed by atoms with Crippen LogP contribution in [0.5, 0.6) is 0 Å². The van der Waals surface area contributed by atoms with Crippen LogP contribution in [0, 0.1) is 0 Å². The summed E-state index contributed by atoms with van der Waals surface area (Å²) < 4.78 is 43.4. The van der Waals surface area contributed by atoms with Crippen LogP contribution < -0.4 is 114 Å². The summed E-state index contributed by atoms with van der Waals surface area (Å²) in [5, 5.41) is 2.86. The second-order valence-corrected chi connectivity index (χ2v) is 10.2. The van der Waals surface area contributed by atoms with Crippen molar-refractivity contribution < 1.29 is 136 Å². The molecule has 3 heterocycles. The molecule has 3 N–H and O–H groups in total. The number of nitrogens with one attached hydrogen (secondary N) is 1. The normalized spacial score (nSPS) is 20.2. The molecule has 3 aromatic rings. The van der Waals surface area contributed by atoms with Gasteiger partial charge in [-0.3, -0.25) is 13.4 Å². The zero-order valence-electron chi connectivity index (χ0n) is 21.5. The molecule has 16 nitrogen and oxygen atoms in total. The molecule has 4 atom stereocenters. The van der Waals surface area contributed by atoms with Gasteiger partial charge in [-0.15, -0.1) is 0 Å². The number of nitrogens with zero attached hydrogens (tertiary/aromatic N) is 4. The van der Waals surface area contributed by atoms with Crippen LogP contribution in [0.2, 0.25) is 0 Å². The third-order valence-electron chi connectivity index (χ3n) is 5.15. The summed E-state index contributed by atoms with van der Waals surface area (Å²) in [5.74, 6) is -0.626. The number of esters is 1. The zero-order valence-corrected chi connectivity index (χ0v) is 29.2. The molecule has 194 valence electrons. The number of phosphoric acid groups is 2. The Morgan fingerprint density at radius 1 is 1.18 bits per heavy atom. The number of para-hydroxylation sites is 1. The number of carbonyl (C=O) groups excluding carboxylic acids is 1. The van der Waals surface area contributed by atoms with Gasteiger partial charge in [-0.1, -0.05) is 12.1 Å². The van der Waals surface area contributed by atoms with Gasteiger partial charge in [0.2, 0.25) is 0 Å². The van der Waals surface area contributed by atoms with E-state index in [1.807, 2.05) is 0 Å². The number of aromatic nitrogens is 4. The van der Waals surface area contributed by atoms with Gasteiger partial charge in [0.25, 0.3) is 7.82 Å². The number of hydrogen-bond donors (Lipinski definition) is 2. The summed E-state index contributed by atoms with van der Waals surface area (Å²) in [4.78, 5) is 58.1. The number of nitrogen functional groups attached to an aromatic ring is 1. The smallest absolute Gasteiger partial charge is 0.790 e. The van der Waals surface area contributed by atoms with E-state index in [4.69, 9.17) is 15.2 Å². The van der Waals surface area contributed by atoms with Crippen LogP contribution in [0.15, 0.2) is 36.9 Å². The molecule has 0 aliphatic carbocycles. The second kappa shape index (κ2) is 15.5. The maximum Gasteiger partial charge on any atom is 1.00 e. The number of anilines is 2. The molecule has 0 amide bonds. The van der Waals surface area contributed by atoms with Gasteiger partial charge in [0.15, 0.2) is 11.5 Å². The number of imidazole rings is 1. The summed E-state index contributed by atoms with van der Waals surface area (Å²) in [6.07, 6.45) is -0.579. The van der Waals surface area contributed by atoms with Crippen LogP contribution in [0.1, 0.15) is 23.0 Å². The summed E-state index contributed by atoms with van der Waals surface area (Å²) in [7, 11) is -9.82. The van der Waals surface area contributed by atoms with Crippen LogP contribution in [0.25, 0.3) is 11.2 Å². The van der Waals surface area contributed by atoms with E-state index in [1.54, 1.807) is 25.2 Å².